The zero-order valence-corrected chi connectivity index (χ0v) is 14.1. The summed E-state index contributed by atoms with van der Waals surface area (Å²) in [7, 11) is 0. The Morgan fingerprint density at radius 1 is 0.815 bits per heavy atom. The van der Waals surface area contributed by atoms with Crippen molar-refractivity contribution in [3.63, 3.8) is 0 Å². The van der Waals surface area contributed by atoms with E-state index in [0.717, 1.165) is 0 Å². The van der Waals surface area contributed by atoms with E-state index in [2.05, 4.69) is 0 Å². The number of hydrogen-bond donors (Lipinski definition) is 1. The molecule has 3 aromatic carbocycles. The van der Waals surface area contributed by atoms with Crippen LogP contribution in [-0.2, 0) is 4.79 Å². The lowest BCUT2D eigenvalue weighted by atomic mass is 9.97. The molecule has 3 aromatic rings. The highest BCUT2D eigenvalue weighted by Crippen LogP contribution is 2.48. The molecule has 136 valence electrons. The first-order chi connectivity index (χ1) is 12.9. The Bertz CT molecular complexity index is 1030. The van der Waals surface area contributed by atoms with Crippen molar-refractivity contribution in [1.82, 2.24) is 0 Å². The molecule has 2 unspecified atom stereocenters. The summed E-state index contributed by atoms with van der Waals surface area (Å²) in [6, 6.07) is 14.5. The summed E-state index contributed by atoms with van der Waals surface area (Å²) in [6.07, 6.45) is 0.495. The third-order valence-electron chi connectivity index (χ3n) is 4.97. The minimum atomic E-state index is -0.882. The Labute approximate surface area is 153 Å². The molecule has 1 aliphatic rings. The van der Waals surface area contributed by atoms with Crippen LogP contribution in [0.25, 0.3) is 22.3 Å². The smallest absolute Gasteiger partial charge is 0.307 e. The fourth-order valence-electron chi connectivity index (χ4n) is 3.37. The second kappa shape index (κ2) is 6.58. The number of aliphatic carboxylic acids is 1. The van der Waals surface area contributed by atoms with Crippen LogP contribution < -0.4 is 0 Å². The molecule has 2 atom stereocenters. The van der Waals surface area contributed by atoms with E-state index < -0.39 is 23.5 Å². The lowest BCUT2D eigenvalue weighted by molar-refractivity contribution is -0.138. The largest absolute Gasteiger partial charge is 0.481 e. The molecule has 1 fully saturated rings. The first-order valence-corrected chi connectivity index (χ1v) is 8.52. The van der Waals surface area contributed by atoms with Crippen LogP contribution in [-0.4, -0.2) is 11.1 Å². The molecule has 0 aliphatic heterocycles. The van der Waals surface area contributed by atoms with E-state index >= 15 is 0 Å². The van der Waals surface area contributed by atoms with Crippen molar-refractivity contribution in [2.75, 3.05) is 0 Å². The summed E-state index contributed by atoms with van der Waals surface area (Å²) in [5.74, 6) is -3.08. The molecule has 0 bridgehead atoms. The van der Waals surface area contributed by atoms with Crippen molar-refractivity contribution in [3.8, 4) is 22.3 Å². The highest BCUT2D eigenvalue weighted by Gasteiger charge is 2.44. The molecule has 5 heteroatoms. The van der Waals surface area contributed by atoms with Crippen LogP contribution in [0.2, 0.25) is 0 Å². The lowest BCUT2D eigenvalue weighted by Crippen LogP contribution is -1.99. The maximum atomic E-state index is 14.6. The zero-order chi connectivity index (χ0) is 19.1. The first kappa shape index (κ1) is 17.3. The highest BCUT2D eigenvalue weighted by atomic mass is 19.1. The minimum Gasteiger partial charge on any atom is -0.481 e. The minimum absolute atomic E-state index is 0.120. The summed E-state index contributed by atoms with van der Waals surface area (Å²) < 4.78 is 42.2. The van der Waals surface area contributed by atoms with Crippen molar-refractivity contribution in [2.45, 2.75) is 12.3 Å². The number of carboxylic acid groups (broad SMARTS) is 1. The van der Waals surface area contributed by atoms with Crippen molar-refractivity contribution in [3.05, 3.63) is 83.7 Å². The van der Waals surface area contributed by atoms with Crippen LogP contribution in [0.5, 0.6) is 0 Å². The van der Waals surface area contributed by atoms with Crippen molar-refractivity contribution >= 4 is 5.97 Å². The molecule has 27 heavy (non-hydrogen) atoms. The SMILES string of the molecule is O=C(O)C1CC1c1ccc(-c2ccc(-c3ccc(F)cc3)cc2F)c(F)c1. The van der Waals surface area contributed by atoms with E-state index in [9.17, 15) is 18.0 Å². The molecular formula is C22H15F3O2. The average Bonchev–Trinajstić information content (AvgIpc) is 3.44. The molecule has 1 N–H and O–H groups in total. The van der Waals surface area contributed by atoms with Crippen molar-refractivity contribution in [1.29, 1.82) is 0 Å². The van der Waals surface area contributed by atoms with E-state index in [-0.39, 0.29) is 22.9 Å². The topological polar surface area (TPSA) is 37.3 Å². The predicted octanol–water partition coefficient (Wildman–Crippen LogP) is 5.63. The summed E-state index contributed by atoms with van der Waals surface area (Å²) in [6.45, 7) is 0. The molecule has 2 nitrogen and oxygen atoms in total. The molecule has 0 amide bonds. The average molecular weight is 368 g/mol. The van der Waals surface area contributed by atoms with Gasteiger partial charge in [-0.3, -0.25) is 4.79 Å². The number of hydrogen-bond acceptors (Lipinski definition) is 1. The number of halogens is 3. The second-order valence-electron chi connectivity index (χ2n) is 6.73. The van der Waals surface area contributed by atoms with E-state index in [1.807, 2.05) is 0 Å². The maximum Gasteiger partial charge on any atom is 0.307 e. The number of rotatable bonds is 4. The van der Waals surface area contributed by atoms with Gasteiger partial charge in [-0.1, -0.05) is 36.4 Å². The lowest BCUT2D eigenvalue weighted by Gasteiger charge is -2.09. The molecule has 0 spiro atoms. The summed E-state index contributed by atoms with van der Waals surface area (Å²) in [5, 5.41) is 8.99. The van der Waals surface area contributed by atoms with Gasteiger partial charge in [-0.2, -0.15) is 0 Å². The van der Waals surface area contributed by atoms with Crippen LogP contribution in [0.3, 0.4) is 0 Å². The standard InChI is InChI=1S/C22H15F3O2/c23-15-5-1-12(2-6-15)13-3-7-16(20(24)9-13)17-8-4-14(10-21(17)25)18-11-19(18)22(26)27/h1-10,18-19H,11H2,(H,26,27). The van der Waals surface area contributed by atoms with Gasteiger partial charge in [-0.05, 0) is 53.3 Å². The molecule has 0 radical (unpaired) electrons. The predicted molar refractivity (Wildman–Crippen MR) is 95.7 cm³/mol. The van der Waals surface area contributed by atoms with Crippen LogP contribution in [0, 0.1) is 23.4 Å². The Balaban J connectivity index is 1.63. The second-order valence-corrected chi connectivity index (χ2v) is 6.73. The fourth-order valence-corrected chi connectivity index (χ4v) is 3.37. The molecule has 1 aliphatic carbocycles. The normalized spacial score (nSPS) is 18.3. The van der Waals surface area contributed by atoms with Gasteiger partial charge in [0.15, 0.2) is 0 Å². The van der Waals surface area contributed by atoms with E-state index in [0.29, 0.717) is 23.1 Å². The van der Waals surface area contributed by atoms with Gasteiger partial charge in [0.25, 0.3) is 0 Å². The van der Waals surface area contributed by atoms with Crippen LogP contribution >= 0.6 is 0 Å². The first-order valence-electron chi connectivity index (χ1n) is 8.52. The van der Waals surface area contributed by atoms with Crippen LogP contribution in [0.4, 0.5) is 13.2 Å². The fraction of sp³-hybridized carbons (Fsp3) is 0.136. The Kier molecular flexibility index (Phi) is 4.22. The van der Waals surface area contributed by atoms with Gasteiger partial charge in [0, 0.05) is 11.1 Å². The van der Waals surface area contributed by atoms with Gasteiger partial charge < -0.3 is 5.11 Å². The van der Waals surface area contributed by atoms with Gasteiger partial charge in [0.1, 0.15) is 17.5 Å². The Hall–Kier alpha value is -3.08. The number of carbonyl (C=O) groups is 1. The number of carboxylic acids is 1. The maximum absolute atomic E-state index is 14.6. The van der Waals surface area contributed by atoms with E-state index in [1.54, 1.807) is 24.3 Å². The highest BCUT2D eigenvalue weighted by molar-refractivity contribution is 5.76. The summed E-state index contributed by atoms with van der Waals surface area (Å²) >= 11 is 0. The molecule has 1 saturated carbocycles. The Morgan fingerprint density at radius 2 is 1.41 bits per heavy atom. The third kappa shape index (κ3) is 3.33. The monoisotopic (exact) mass is 368 g/mol. The van der Waals surface area contributed by atoms with Gasteiger partial charge in [0.2, 0.25) is 0 Å². The zero-order valence-electron chi connectivity index (χ0n) is 14.1. The van der Waals surface area contributed by atoms with Crippen LogP contribution in [0.1, 0.15) is 17.9 Å². The van der Waals surface area contributed by atoms with Gasteiger partial charge >= 0.3 is 5.97 Å². The quantitative estimate of drug-likeness (QED) is 0.648. The van der Waals surface area contributed by atoms with Gasteiger partial charge in [0.05, 0.1) is 5.92 Å². The molecule has 0 saturated heterocycles. The van der Waals surface area contributed by atoms with Gasteiger partial charge in [-0.15, -0.1) is 0 Å². The summed E-state index contributed by atoms with van der Waals surface area (Å²) in [5.41, 5.74) is 2.08. The Morgan fingerprint density at radius 3 is 1.96 bits per heavy atom. The molecule has 0 heterocycles. The van der Waals surface area contributed by atoms with Crippen molar-refractivity contribution < 1.29 is 23.1 Å². The van der Waals surface area contributed by atoms with Crippen LogP contribution in [0.15, 0.2) is 60.7 Å². The third-order valence-corrected chi connectivity index (χ3v) is 4.97. The van der Waals surface area contributed by atoms with Gasteiger partial charge in [-0.25, -0.2) is 13.2 Å². The van der Waals surface area contributed by atoms with E-state index in [1.165, 1.54) is 36.4 Å². The number of benzene rings is 3. The summed E-state index contributed by atoms with van der Waals surface area (Å²) in [4.78, 5) is 11.0. The molecular weight excluding hydrogens is 353 g/mol. The molecule has 0 aromatic heterocycles. The molecule has 4 rings (SSSR count). The van der Waals surface area contributed by atoms with E-state index in [4.69, 9.17) is 5.11 Å². The van der Waals surface area contributed by atoms with Crippen molar-refractivity contribution in [2.24, 2.45) is 5.92 Å².